The summed E-state index contributed by atoms with van der Waals surface area (Å²) in [7, 11) is 1.70. The number of benzene rings is 1. The Morgan fingerprint density at radius 3 is 2.61 bits per heavy atom. The largest absolute Gasteiger partial charge is 0.336 e. The number of carbonyl (C=O) groups is 1. The van der Waals surface area contributed by atoms with Crippen LogP contribution in [0.25, 0.3) is 11.1 Å². The average molecular weight is 612 g/mol. The van der Waals surface area contributed by atoms with E-state index in [1.54, 1.807) is 35.5 Å². The first-order chi connectivity index (χ1) is 21.3. The lowest BCUT2D eigenvalue weighted by Gasteiger charge is -2.38. The van der Waals surface area contributed by atoms with Crippen LogP contribution in [0, 0.1) is 5.82 Å². The van der Waals surface area contributed by atoms with Crippen LogP contribution in [0.15, 0.2) is 47.5 Å². The molecule has 1 fully saturated rings. The normalized spacial score (nSPS) is 16.9. The minimum Gasteiger partial charge on any atom is -0.336 e. The van der Waals surface area contributed by atoms with Crippen molar-refractivity contribution in [3.05, 3.63) is 90.9 Å². The van der Waals surface area contributed by atoms with E-state index in [-0.39, 0.29) is 11.5 Å². The molecule has 9 heteroatoms. The van der Waals surface area contributed by atoms with Crippen molar-refractivity contribution in [2.45, 2.75) is 58.3 Å². The monoisotopic (exact) mass is 611 g/mol. The maximum Gasteiger partial charge on any atom is 0.274 e. The predicted molar refractivity (Wildman–Crippen MR) is 175 cm³/mol. The second-order valence-corrected chi connectivity index (χ2v) is 13.3. The van der Waals surface area contributed by atoms with Crippen LogP contribution < -0.4 is 15.8 Å². The predicted octanol–water partition coefficient (Wildman–Crippen LogP) is 6.45. The molecule has 3 aromatic heterocycles. The summed E-state index contributed by atoms with van der Waals surface area (Å²) in [5, 5.41) is 3.21. The average Bonchev–Trinajstić information content (AvgIpc) is 3.39. The number of halogens is 1. The Hall–Kier alpha value is -3.82. The highest BCUT2D eigenvalue weighted by Crippen LogP contribution is 2.41. The molecule has 0 bridgehead atoms. The number of pyridine rings is 2. The molecule has 5 heterocycles. The van der Waals surface area contributed by atoms with E-state index in [0.717, 1.165) is 49.3 Å². The van der Waals surface area contributed by atoms with Gasteiger partial charge in [-0.15, -0.1) is 11.3 Å². The van der Waals surface area contributed by atoms with Crippen LogP contribution in [-0.2, 0) is 32.7 Å². The van der Waals surface area contributed by atoms with Gasteiger partial charge in [0.2, 0.25) is 0 Å². The summed E-state index contributed by atoms with van der Waals surface area (Å²) in [6.45, 7) is 7.87. The summed E-state index contributed by atoms with van der Waals surface area (Å²) in [5.41, 5.74) is 6.85. The number of carbonyl (C=O) groups excluding carboxylic acids is 1. The molecule has 4 aromatic rings. The zero-order valence-corrected chi connectivity index (χ0v) is 26.4. The standard InChI is InChI=1S/C35H38FN5O2S/c1-4-25-28(15-24(36)16-30(25)41-13-12-27-26-8-6-7-9-31(26)44-33(27)35(41)43)22-14-29(34(42)39(3)18-22)38-32-11-10-21(17-37-32)23-19-40(5-2)20-23/h10-11,14-18,23H,4-9,12-13,19-20H2,1-3H3,(H,37,38). The van der Waals surface area contributed by atoms with Crippen molar-refractivity contribution in [2.24, 2.45) is 7.05 Å². The van der Waals surface area contributed by atoms with Gasteiger partial charge in [0.15, 0.2) is 0 Å². The van der Waals surface area contributed by atoms with Gasteiger partial charge in [-0.05, 0) is 97.2 Å². The van der Waals surface area contributed by atoms with Crippen molar-refractivity contribution in [3.8, 4) is 11.1 Å². The third-order valence-electron chi connectivity index (χ3n) is 9.56. The first-order valence-corrected chi connectivity index (χ1v) is 16.6. The molecular formula is C35H38FN5O2S. The molecule has 0 spiro atoms. The SMILES string of the molecule is CCc1c(-c2cc(Nc3ccc(C4CN(CC)C4)cn3)c(=O)n(C)c2)cc(F)cc1N1CCc2c(sc3c2CCCC3)C1=O. The lowest BCUT2D eigenvalue weighted by atomic mass is 9.91. The van der Waals surface area contributed by atoms with E-state index in [1.165, 1.54) is 51.1 Å². The molecule has 0 radical (unpaired) electrons. The number of thiophene rings is 1. The molecule has 7 nitrogen and oxygen atoms in total. The van der Waals surface area contributed by atoms with E-state index >= 15 is 4.39 Å². The molecule has 1 saturated heterocycles. The van der Waals surface area contributed by atoms with Gasteiger partial charge in [-0.25, -0.2) is 9.37 Å². The Balaban J connectivity index is 1.21. The third kappa shape index (κ3) is 5.06. The Kier molecular flexibility index (Phi) is 7.62. The molecule has 44 heavy (non-hydrogen) atoms. The fourth-order valence-corrected chi connectivity index (χ4v) is 8.47. The van der Waals surface area contributed by atoms with E-state index in [9.17, 15) is 9.59 Å². The minimum atomic E-state index is -0.408. The van der Waals surface area contributed by atoms with Gasteiger partial charge < -0.3 is 19.7 Å². The summed E-state index contributed by atoms with van der Waals surface area (Å²) in [5.74, 6) is 0.637. The van der Waals surface area contributed by atoms with Gasteiger partial charge in [-0.3, -0.25) is 9.59 Å². The summed E-state index contributed by atoms with van der Waals surface area (Å²) in [6, 6.07) is 8.76. The smallest absolute Gasteiger partial charge is 0.274 e. The lowest BCUT2D eigenvalue weighted by molar-refractivity contribution is 0.0984. The molecular weight excluding hydrogens is 573 g/mol. The van der Waals surface area contributed by atoms with E-state index in [2.05, 4.69) is 28.2 Å². The van der Waals surface area contributed by atoms with Gasteiger partial charge in [0.25, 0.3) is 11.5 Å². The van der Waals surface area contributed by atoms with Crippen molar-refractivity contribution in [1.29, 1.82) is 0 Å². The lowest BCUT2D eigenvalue weighted by Crippen LogP contribution is -2.44. The second-order valence-electron chi connectivity index (χ2n) is 12.2. The fourth-order valence-electron chi connectivity index (χ4n) is 7.08. The number of rotatable bonds is 7. The summed E-state index contributed by atoms with van der Waals surface area (Å²) in [4.78, 5) is 38.0. The van der Waals surface area contributed by atoms with E-state index < -0.39 is 5.82 Å². The molecule has 0 atom stereocenters. The van der Waals surface area contributed by atoms with Gasteiger partial charge in [-0.2, -0.15) is 0 Å². The van der Waals surface area contributed by atoms with Gasteiger partial charge >= 0.3 is 0 Å². The van der Waals surface area contributed by atoms with E-state index in [0.29, 0.717) is 47.2 Å². The van der Waals surface area contributed by atoms with Crippen molar-refractivity contribution in [3.63, 3.8) is 0 Å². The number of nitrogens with zero attached hydrogens (tertiary/aromatic N) is 4. The van der Waals surface area contributed by atoms with Crippen molar-refractivity contribution in [2.75, 3.05) is 36.4 Å². The zero-order chi connectivity index (χ0) is 30.5. The van der Waals surface area contributed by atoms with Crippen LogP contribution >= 0.6 is 11.3 Å². The maximum absolute atomic E-state index is 15.4. The highest BCUT2D eigenvalue weighted by molar-refractivity contribution is 7.14. The number of amides is 1. The number of nitrogens with one attached hydrogen (secondary N) is 1. The quantitative estimate of drug-likeness (QED) is 0.260. The number of hydrogen-bond donors (Lipinski definition) is 1. The summed E-state index contributed by atoms with van der Waals surface area (Å²) in [6.07, 6.45) is 9.47. The van der Waals surface area contributed by atoms with E-state index in [4.69, 9.17) is 0 Å². The summed E-state index contributed by atoms with van der Waals surface area (Å²) < 4.78 is 16.9. The van der Waals surface area contributed by atoms with Crippen molar-refractivity contribution in [1.82, 2.24) is 14.5 Å². The minimum absolute atomic E-state index is 0.0291. The molecule has 0 unspecified atom stereocenters. The van der Waals surface area contributed by atoms with Crippen LogP contribution in [-0.4, -0.2) is 46.5 Å². The number of likely N-dealkylation sites (N-methyl/N-ethyl adjacent to an activating group) is 1. The number of likely N-dealkylation sites (tertiary alicyclic amines) is 1. The Bertz CT molecular complexity index is 1810. The number of aryl methyl sites for hydroxylation is 2. The molecule has 228 valence electrons. The molecule has 3 aliphatic rings. The van der Waals surface area contributed by atoms with Gasteiger partial charge in [0, 0.05) is 55.4 Å². The highest BCUT2D eigenvalue weighted by Gasteiger charge is 2.33. The Morgan fingerprint density at radius 1 is 1.05 bits per heavy atom. The third-order valence-corrected chi connectivity index (χ3v) is 10.9. The zero-order valence-electron chi connectivity index (χ0n) is 25.6. The van der Waals surface area contributed by atoms with E-state index in [1.807, 2.05) is 19.2 Å². The molecule has 1 amide bonds. The van der Waals surface area contributed by atoms with Gasteiger partial charge in [0.05, 0.1) is 10.6 Å². The van der Waals surface area contributed by atoms with Crippen LogP contribution in [0.2, 0.25) is 0 Å². The number of hydrogen-bond acceptors (Lipinski definition) is 6. The fraction of sp³-hybridized carbons (Fsp3) is 0.400. The molecule has 1 aromatic carbocycles. The Morgan fingerprint density at radius 2 is 1.86 bits per heavy atom. The topological polar surface area (TPSA) is 70.5 Å². The number of aromatic nitrogens is 2. The summed E-state index contributed by atoms with van der Waals surface area (Å²) >= 11 is 1.64. The van der Waals surface area contributed by atoms with Crippen molar-refractivity contribution < 1.29 is 9.18 Å². The van der Waals surface area contributed by atoms with Gasteiger partial charge in [0.1, 0.15) is 17.3 Å². The molecule has 7 rings (SSSR count). The molecule has 1 N–H and O–H groups in total. The molecule has 2 aliphatic heterocycles. The molecule has 0 saturated carbocycles. The first kappa shape index (κ1) is 28.9. The first-order valence-electron chi connectivity index (χ1n) is 15.8. The van der Waals surface area contributed by atoms with Crippen LogP contribution in [0.4, 0.5) is 21.6 Å². The highest BCUT2D eigenvalue weighted by atomic mass is 32.1. The number of fused-ring (bicyclic) bond motifs is 3. The van der Waals surface area contributed by atoms with Crippen LogP contribution in [0.5, 0.6) is 0 Å². The van der Waals surface area contributed by atoms with Crippen LogP contribution in [0.3, 0.4) is 0 Å². The Labute approximate surface area is 261 Å². The van der Waals surface area contributed by atoms with Crippen LogP contribution in [0.1, 0.15) is 69.4 Å². The second kappa shape index (κ2) is 11.6. The molecule has 1 aliphatic carbocycles. The number of anilines is 3. The van der Waals surface area contributed by atoms with Crippen molar-refractivity contribution >= 4 is 34.4 Å². The van der Waals surface area contributed by atoms with Gasteiger partial charge in [-0.1, -0.05) is 19.9 Å². The maximum atomic E-state index is 15.4.